The van der Waals surface area contributed by atoms with Gasteiger partial charge in [-0.3, -0.25) is 19.4 Å². The van der Waals surface area contributed by atoms with E-state index in [1.807, 2.05) is 31.2 Å². The first-order valence-electron chi connectivity index (χ1n) is 10.0. The number of carbonyl (C=O) groups excluding carboxylic acids is 2. The fourth-order valence-corrected chi connectivity index (χ4v) is 3.96. The number of nitrogens with zero attached hydrogens (tertiary/aromatic N) is 2. The number of benzene rings is 2. The molecule has 1 aliphatic carbocycles. The van der Waals surface area contributed by atoms with Gasteiger partial charge in [0.2, 0.25) is 11.8 Å². The number of anilines is 2. The molecule has 0 unspecified atom stereocenters. The second kappa shape index (κ2) is 7.26. The van der Waals surface area contributed by atoms with Crippen molar-refractivity contribution in [3.63, 3.8) is 0 Å². The van der Waals surface area contributed by atoms with Crippen LogP contribution in [0.5, 0.6) is 0 Å². The summed E-state index contributed by atoms with van der Waals surface area (Å²) in [6, 6.07) is 13.7. The molecule has 0 bridgehead atoms. The molecule has 1 saturated carbocycles. The van der Waals surface area contributed by atoms with Crippen LogP contribution in [-0.2, 0) is 16.1 Å². The Morgan fingerprint density at radius 2 is 1.86 bits per heavy atom. The molecular formula is C23H26FN3O2. The third-order valence-electron chi connectivity index (χ3n) is 5.88. The van der Waals surface area contributed by atoms with Crippen molar-refractivity contribution < 1.29 is 14.0 Å². The molecule has 1 heterocycles. The number of amides is 2. The highest BCUT2D eigenvalue weighted by Crippen LogP contribution is 2.38. The summed E-state index contributed by atoms with van der Waals surface area (Å²) in [5, 5.41) is 2.90. The van der Waals surface area contributed by atoms with Crippen LogP contribution in [0.3, 0.4) is 0 Å². The van der Waals surface area contributed by atoms with Crippen molar-refractivity contribution in [2.45, 2.75) is 57.8 Å². The Morgan fingerprint density at radius 3 is 2.52 bits per heavy atom. The molecule has 1 fully saturated rings. The zero-order valence-corrected chi connectivity index (χ0v) is 17.0. The van der Waals surface area contributed by atoms with E-state index in [0.29, 0.717) is 24.0 Å². The lowest BCUT2D eigenvalue weighted by Gasteiger charge is -2.44. The average Bonchev–Trinajstić information content (AvgIpc) is 3.52. The zero-order valence-electron chi connectivity index (χ0n) is 17.0. The van der Waals surface area contributed by atoms with Gasteiger partial charge in [0.1, 0.15) is 11.4 Å². The minimum atomic E-state index is -0.995. The topological polar surface area (TPSA) is 52.7 Å². The van der Waals surface area contributed by atoms with Crippen LogP contribution in [0.1, 0.15) is 39.2 Å². The number of halogens is 1. The molecule has 0 radical (unpaired) electrons. The summed E-state index contributed by atoms with van der Waals surface area (Å²) in [6.45, 7) is 6.00. The Morgan fingerprint density at radius 1 is 1.21 bits per heavy atom. The molecule has 4 rings (SSSR count). The van der Waals surface area contributed by atoms with Crippen LogP contribution in [0.2, 0.25) is 0 Å². The lowest BCUT2D eigenvalue weighted by molar-refractivity contribution is -0.129. The van der Waals surface area contributed by atoms with Crippen LogP contribution >= 0.6 is 0 Å². The van der Waals surface area contributed by atoms with Crippen molar-refractivity contribution in [1.29, 1.82) is 0 Å². The Hall–Kier alpha value is -2.73. The molecule has 0 aromatic heterocycles. The van der Waals surface area contributed by atoms with Crippen molar-refractivity contribution in [2.75, 3.05) is 10.2 Å². The van der Waals surface area contributed by atoms with E-state index in [1.54, 1.807) is 30.9 Å². The average molecular weight is 395 g/mol. The molecule has 0 spiro atoms. The van der Waals surface area contributed by atoms with Gasteiger partial charge in [-0.1, -0.05) is 24.3 Å². The second-order valence-electron chi connectivity index (χ2n) is 8.41. The molecule has 1 aliphatic heterocycles. The van der Waals surface area contributed by atoms with Crippen LogP contribution in [0.15, 0.2) is 48.5 Å². The van der Waals surface area contributed by atoms with Crippen LogP contribution in [0, 0.1) is 5.82 Å². The summed E-state index contributed by atoms with van der Waals surface area (Å²) in [4.78, 5) is 30.2. The monoisotopic (exact) mass is 395 g/mol. The summed E-state index contributed by atoms with van der Waals surface area (Å²) < 4.78 is 13.3. The van der Waals surface area contributed by atoms with Gasteiger partial charge in [0.05, 0.1) is 17.4 Å². The molecule has 1 atom stereocenters. The van der Waals surface area contributed by atoms with Crippen molar-refractivity contribution in [3.05, 3.63) is 59.9 Å². The van der Waals surface area contributed by atoms with Gasteiger partial charge in [-0.05, 0) is 63.4 Å². The van der Waals surface area contributed by atoms with E-state index in [-0.39, 0.29) is 17.6 Å². The van der Waals surface area contributed by atoms with Crippen LogP contribution in [-0.4, -0.2) is 34.3 Å². The summed E-state index contributed by atoms with van der Waals surface area (Å²) in [5.74, 6) is -0.576. The maximum absolute atomic E-state index is 13.7. The van der Waals surface area contributed by atoms with Crippen LogP contribution in [0.25, 0.3) is 0 Å². The van der Waals surface area contributed by atoms with E-state index < -0.39 is 11.6 Å². The molecule has 1 N–H and O–H groups in total. The minimum Gasteiger partial charge on any atom is -0.322 e. The highest BCUT2D eigenvalue weighted by atomic mass is 19.1. The van der Waals surface area contributed by atoms with Gasteiger partial charge >= 0.3 is 0 Å². The molecule has 2 aromatic rings. The van der Waals surface area contributed by atoms with E-state index in [2.05, 4.69) is 10.2 Å². The molecular weight excluding hydrogens is 369 g/mol. The van der Waals surface area contributed by atoms with E-state index in [9.17, 15) is 14.0 Å². The van der Waals surface area contributed by atoms with E-state index in [1.165, 1.54) is 12.1 Å². The Labute approximate surface area is 170 Å². The van der Waals surface area contributed by atoms with Crippen molar-refractivity contribution in [3.8, 4) is 0 Å². The summed E-state index contributed by atoms with van der Waals surface area (Å²) in [7, 11) is 0. The number of para-hydroxylation sites is 2. The molecule has 152 valence electrons. The highest BCUT2D eigenvalue weighted by Gasteiger charge is 2.46. The highest BCUT2D eigenvalue weighted by molar-refractivity contribution is 6.15. The Bertz CT molecular complexity index is 937. The molecule has 2 amide bonds. The molecule has 0 saturated heterocycles. The Kier molecular flexibility index (Phi) is 4.90. The van der Waals surface area contributed by atoms with Gasteiger partial charge in [0.25, 0.3) is 0 Å². The first kappa shape index (κ1) is 19.6. The third kappa shape index (κ3) is 3.65. The predicted molar refractivity (Wildman–Crippen MR) is 111 cm³/mol. The first-order chi connectivity index (χ1) is 13.8. The standard InChI is InChI=1S/C23H26FN3O2/c1-15(26(18-12-13-18)14-16-8-10-17(24)11-9-16)21(28)27-20-7-5-4-6-19(20)25-22(29)23(27,2)3/h4-11,15,18H,12-14H2,1-3H3,(H,25,29)/t15-/m1/s1. The lowest BCUT2D eigenvalue weighted by Crippen LogP contribution is -2.62. The van der Waals surface area contributed by atoms with Gasteiger partial charge < -0.3 is 5.32 Å². The number of rotatable bonds is 5. The fourth-order valence-electron chi connectivity index (χ4n) is 3.96. The number of hydrogen-bond donors (Lipinski definition) is 1. The Balaban J connectivity index is 1.64. The number of fused-ring (bicyclic) bond motifs is 1. The lowest BCUT2D eigenvalue weighted by atomic mass is 9.95. The molecule has 2 aliphatic rings. The summed E-state index contributed by atoms with van der Waals surface area (Å²) >= 11 is 0. The quantitative estimate of drug-likeness (QED) is 0.834. The van der Waals surface area contributed by atoms with Gasteiger partial charge in [-0.25, -0.2) is 4.39 Å². The third-order valence-corrected chi connectivity index (χ3v) is 5.88. The van der Waals surface area contributed by atoms with Crippen molar-refractivity contribution >= 4 is 23.2 Å². The SMILES string of the molecule is C[C@H](C(=O)N1c2ccccc2NC(=O)C1(C)C)N(Cc1ccc(F)cc1)C1CC1. The predicted octanol–water partition coefficient (Wildman–Crippen LogP) is 3.94. The van der Waals surface area contributed by atoms with Gasteiger partial charge in [0, 0.05) is 12.6 Å². The first-order valence-corrected chi connectivity index (χ1v) is 10.0. The van der Waals surface area contributed by atoms with Crippen molar-refractivity contribution in [2.24, 2.45) is 0 Å². The number of carbonyl (C=O) groups is 2. The van der Waals surface area contributed by atoms with Crippen molar-refractivity contribution in [1.82, 2.24) is 4.90 Å². The molecule has 6 heteroatoms. The minimum absolute atomic E-state index is 0.105. The molecule has 2 aromatic carbocycles. The summed E-state index contributed by atoms with van der Waals surface area (Å²) in [5.41, 5.74) is 1.33. The van der Waals surface area contributed by atoms with Crippen LogP contribution in [0.4, 0.5) is 15.8 Å². The van der Waals surface area contributed by atoms with Gasteiger partial charge in [-0.15, -0.1) is 0 Å². The largest absolute Gasteiger partial charge is 0.322 e. The number of nitrogens with one attached hydrogen (secondary N) is 1. The maximum Gasteiger partial charge on any atom is 0.250 e. The van der Waals surface area contributed by atoms with E-state index in [0.717, 1.165) is 18.4 Å². The number of hydrogen-bond acceptors (Lipinski definition) is 3. The molecule has 29 heavy (non-hydrogen) atoms. The van der Waals surface area contributed by atoms with E-state index in [4.69, 9.17) is 0 Å². The van der Waals surface area contributed by atoms with Crippen LogP contribution < -0.4 is 10.2 Å². The zero-order chi connectivity index (χ0) is 20.8. The van der Waals surface area contributed by atoms with E-state index >= 15 is 0 Å². The molecule has 5 nitrogen and oxygen atoms in total. The fraction of sp³-hybridized carbons (Fsp3) is 0.391. The van der Waals surface area contributed by atoms with Gasteiger partial charge in [0.15, 0.2) is 0 Å². The second-order valence-corrected chi connectivity index (χ2v) is 8.41. The normalized spacial score (nSPS) is 18.9. The van der Waals surface area contributed by atoms with Gasteiger partial charge in [-0.2, -0.15) is 0 Å². The summed E-state index contributed by atoms with van der Waals surface area (Å²) in [6.07, 6.45) is 2.08. The smallest absolute Gasteiger partial charge is 0.250 e. The maximum atomic E-state index is 13.7.